The predicted molar refractivity (Wildman–Crippen MR) is 164 cm³/mol. The van der Waals surface area contributed by atoms with Crippen LogP contribution < -0.4 is 0 Å². The van der Waals surface area contributed by atoms with Crippen molar-refractivity contribution in [2.24, 2.45) is 17.8 Å². The number of fused-ring (bicyclic) bond motifs is 9. The third-order valence-electron chi connectivity index (χ3n) is 10.2. The molecule has 4 nitrogen and oxygen atoms in total. The van der Waals surface area contributed by atoms with E-state index in [0.717, 1.165) is 0 Å². The molecule has 1 aromatic carbocycles. The van der Waals surface area contributed by atoms with Gasteiger partial charge in [0.15, 0.2) is 0 Å². The smallest absolute Gasteiger partial charge is 0.306 e. The first-order chi connectivity index (χ1) is 18.2. The summed E-state index contributed by atoms with van der Waals surface area (Å²) >= 11 is 1.89. The van der Waals surface area contributed by atoms with Crippen LogP contribution in [0.15, 0.2) is 24.3 Å². The Balaban J connectivity index is 1.56. The van der Waals surface area contributed by atoms with E-state index in [0.29, 0.717) is 34.9 Å². The van der Waals surface area contributed by atoms with Gasteiger partial charge in [0.05, 0.1) is 24.7 Å². The molecule has 2 bridgehead atoms. The molecule has 3 heterocycles. The zero-order chi connectivity index (χ0) is 28.6. The summed E-state index contributed by atoms with van der Waals surface area (Å²) < 4.78 is 21.7. The summed E-state index contributed by atoms with van der Waals surface area (Å²) in [5.41, 5.74) is 2.60. The van der Waals surface area contributed by atoms with Crippen molar-refractivity contribution in [3.05, 3.63) is 34.7 Å². The van der Waals surface area contributed by atoms with Crippen molar-refractivity contribution < 1.29 is 18.7 Å². The molecule has 39 heavy (non-hydrogen) atoms. The van der Waals surface area contributed by atoms with Crippen LogP contribution in [0.4, 0.5) is 0 Å². The molecule has 216 valence electrons. The van der Waals surface area contributed by atoms with Gasteiger partial charge in [0.25, 0.3) is 0 Å². The summed E-state index contributed by atoms with van der Waals surface area (Å²) in [4.78, 5) is 14.7. The van der Waals surface area contributed by atoms with Crippen molar-refractivity contribution in [1.82, 2.24) is 0 Å². The lowest BCUT2D eigenvalue weighted by Crippen LogP contribution is -2.56. The molecule has 1 aromatic heterocycles. The molecule has 0 unspecified atom stereocenters. The maximum atomic E-state index is 13.3. The fraction of sp³-hybridized carbons (Fsp3) is 0.727. The lowest BCUT2D eigenvalue weighted by Gasteiger charge is -2.50. The number of hydrogen-bond donors (Lipinski definition) is 0. The summed E-state index contributed by atoms with van der Waals surface area (Å²) in [6, 6.07) is 8.78. The molecule has 6 heteroatoms. The number of benzene rings is 1. The third-order valence-corrected chi connectivity index (χ3v) is 17.6. The fourth-order valence-corrected chi connectivity index (χ4v) is 16.1. The summed E-state index contributed by atoms with van der Waals surface area (Å²) in [6.07, 6.45) is 0.791. The predicted octanol–water partition coefficient (Wildman–Crippen LogP) is 9.04. The van der Waals surface area contributed by atoms with Gasteiger partial charge in [-0.05, 0) is 54.4 Å². The van der Waals surface area contributed by atoms with Gasteiger partial charge in [-0.3, -0.25) is 4.79 Å². The Bertz CT molecular complexity index is 1190. The number of carbonyl (C=O) groups is 1. The minimum Gasteiger partial charge on any atom is -0.460 e. The highest BCUT2D eigenvalue weighted by molar-refractivity contribution is 7.19. The van der Waals surface area contributed by atoms with Gasteiger partial charge in [0.2, 0.25) is 8.32 Å². The van der Waals surface area contributed by atoms with E-state index in [4.69, 9.17) is 13.9 Å². The molecule has 2 aliphatic heterocycles. The van der Waals surface area contributed by atoms with E-state index in [2.05, 4.69) is 79.7 Å². The van der Waals surface area contributed by atoms with Crippen molar-refractivity contribution >= 4 is 35.7 Å². The number of thiophene rings is 1. The maximum Gasteiger partial charge on any atom is 0.306 e. The summed E-state index contributed by atoms with van der Waals surface area (Å²) in [5, 5.41) is 1.35. The van der Waals surface area contributed by atoms with E-state index in [1.807, 2.05) is 32.1 Å². The molecule has 5 rings (SSSR count). The van der Waals surface area contributed by atoms with Gasteiger partial charge in [-0.2, -0.15) is 0 Å². The second-order valence-corrected chi connectivity index (χ2v) is 21.1. The van der Waals surface area contributed by atoms with E-state index < -0.39 is 13.9 Å². The van der Waals surface area contributed by atoms with Gasteiger partial charge in [-0.25, -0.2) is 0 Å². The zero-order valence-electron chi connectivity index (χ0n) is 25.9. The molecule has 8 atom stereocenters. The maximum absolute atomic E-state index is 13.3. The monoisotopic (exact) mass is 570 g/mol. The second-order valence-electron chi connectivity index (χ2n) is 14.6. The first-order valence-electron chi connectivity index (χ1n) is 15.2. The molecule has 3 aliphatic rings. The van der Waals surface area contributed by atoms with Gasteiger partial charge in [-0.1, -0.05) is 73.6 Å². The summed E-state index contributed by atoms with van der Waals surface area (Å²) in [5.74, 6) is 1.18. The highest BCUT2D eigenvalue weighted by Gasteiger charge is 2.64. The lowest BCUT2D eigenvalue weighted by atomic mass is 9.79. The molecule has 2 saturated heterocycles. The topological polar surface area (TPSA) is 44.8 Å². The third kappa shape index (κ3) is 4.66. The van der Waals surface area contributed by atoms with Gasteiger partial charge in [0, 0.05) is 39.2 Å². The summed E-state index contributed by atoms with van der Waals surface area (Å²) in [7, 11) is -2.07. The van der Waals surface area contributed by atoms with Crippen LogP contribution in [0.5, 0.6) is 0 Å². The van der Waals surface area contributed by atoms with E-state index in [9.17, 15) is 4.79 Å². The Kier molecular flexibility index (Phi) is 7.70. The molecule has 0 spiro atoms. The van der Waals surface area contributed by atoms with Gasteiger partial charge in [0.1, 0.15) is 5.60 Å². The highest BCUT2D eigenvalue weighted by Crippen LogP contribution is 2.65. The molecular formula is C33H50O4SSi. The number of hydrogen-bond acceptors (Lipinski definition) is 5. The highest BCUT2D eigenvalue weighted by atomic mass is 32.1. The first kappa shape index (κ1) is 29.3. The quantitative estimate of drug-likeness (QED) is 0.246. The Hall–Kier alpha value is -1.21. The first-order valence-corrected chi connectivity index (χ1v) is 18.2. The van der Waals surface area contributed by atoms with Crippen molar-refractivity contribution in [2.45, 2.75) is 135 Å². The molecule has 0 saturated carbocycles. The van der Waals surface area contributed by atoms with Crippen LogP contribution in [0.1, 0.15) is 105 Å². The minimum absolute atomic E-state index is 0.0881. The Labute approximate surface area is 241 Å². The SMILES string of the molecule is CC(C)[Si](O[C@H]1[C@@H](C)[C@@H]2O[C@H]([C@H]1C)[C@@H]1[C@H]2c2c(sc3ccccc23)[C@H]1CC(=O)OC(C)(C)C)(C(C)C)C(C)C. The van der Waals surface area contributed by atoms with Crippen molar-refractivity contribution in [3.8, 4) is 0 Å². The van der Waals surface area contributed by atoms with Crippen LogP contribution in [-0.4, -0.2) is 38.2 Å². The van der Waals surface area contributed by atoms with E-state index in [-0.39, 0.29) is 42.0 Å². The average molecular weight is 571 g/mol. The number of ether oxygens (including phenoxy) is 2. The normalized spacial score (nSPS) is 32.4. The minimum atomic E-state index is -2.07. The van der Waals surface area contributed by atoms with Crippen LogP contribution in [0.2, 0.25) is 16.6 Å². The molecule has 2 aromatic rings. The standard InChI is InChI=1S/C33H50O4SSi/c1-17(2)39(18(3)4,19(5)6)37-29-20(7)30-26-23(16-25(34)36-33(9,10)11)32-27(28(26)31(35-30)21(29)8)22-14-12-13-15-24(22)38-32/h12-15,17-21,23,26,28-31H,16H2,1-11H3/t20-,21+,23-,26-,28-,29+,30+,31-/m0/s1. The largest absolute Gasteiger partial charge is 0.460 e. The van der Waals surface area contributed by atoms with Crippen molar-refractivity contribution in [3.63, 3.8) is 0 Å². The summed E-state index contributed by atoms with van der Waals surface area (Å²) in [6.45, 7) is 24.9. The average Bonchev–Trinajstić information content (AvgIpc) is 3.45. The number of carbonyl (C=O) groups excluding carboxylic acids is 1. The van der Waals surface area contributed by atoms with Crippen LogP contribution in [0.3, 0.4) is 0 Å². The van der Waals surface area contributed by atoms with Crippen LogP contribution in [-0.2, 0) is 18.7 Å². The van der Waals surface area contributed by atoms with Crippen molar-refractivity contribution in [2.75, 3.05) is 0 Å². The zero-order valence-corrected chi connectivity index (χ0v) is 27.7. The van der Waals surface area contributed by atoms with Gasteiger partial charge in [-0.15, -0.1) is 11.3 Å². The molecule has 2 fully saturated rings. The fourth-order valence-electron chi connectivity index (χ4n) is 8.92. The molecule has 1 aliphatic carbocycles. The molecular weight excluding hydrogens is 521 g/mol. The molecule has 0 N–H and O–H groups in total. The van der Waals surface area contributed by atoms with Gasteiger partial charge >= 0.3 is 5.97 Å². The van der Waals surface area contributed by atoms with Crippen LogP contribution in [0, 0.1) is 17.8 Å². The molecule has 0 amide bonds. The second kappa shape index (κ2) is 10.3. The van der Waals surface area contributed by atoms with E-state index in [1.165, 1.54) is 20.5 Å². The van der Waals surface area contributed by atoms with Crippen LogP contribution in [0.25, 0.3) is 10.1 Å². The number of esters is 1. The number of rotatable bonds is 7. The lowest BCUT2D eigenvalue weighted by molar-refractivity contribution is -0.156. The Morgan fingerprint density at radius 3 is 2.15 bits per heavy atom. The molecule has 0 radical (unpaired) electrons. The van der Waals surface area contributed by atoms with E-state index in [1.54, 1.807) is 0 Å². The van der Waals surface area contributed by atoms with E-state index >= 15 is 0 Å². The Morgan fingerprint density at radius 1 is 0.974 bits per heavy atom. The van der Waals surface area contributed by atoms with Gasteiger partial charge < -0.3 is 13.9 Å². The van der Waals surface area contributed by atoms with Crippen LogP contribution >= 0.6 is 11.3 Å². The Morgan fingerprint density at radius 2 is 1.56 bits per heavy atom. The van der Waals surface area contributed by atoms with Crippen molar-refractivity contribution in [1.29, 1.82) is 0 Å².